The third-order valence-electron chi connectivity index (χ3n) is 2.41. The Hall–Kier alpha value is -1.75. The van der Waals surface area contributed by atoms with E-state index in [1.807, 2.05) is 12.1 Å². The van der Waals surface area contributed by atoms with Gasteiger partial charge in [0, 0.05) is 19.0 Å². The standard InChI is InChI=1S/C13H17ClN2O3/c1-19-11-5-3-10(4-6-11)9-16-13(18)12(17)15-8-2-7-14/h3-6H,2,7-9H2,1H3,(H,15,17)(H,16,18). The van der Waals surface area contributed by atoms with Gasteiger partial charge in [-0.05, 0) is 24.1 Å². The van der Waals surface area contributed by atoms with Crippen LogP contribution in [0.5, 0.6) is 5.75 Å². The Balaban J connectivity index is 2.34. The molecule has 0 heterocycles. The predicted molar refractivity (Wildman–Crippen MR) is 73.2 cm³/mol. The van der Waals surface area contributed by atoms with Gasteiger partial charge in [0.1, 0.15) is 5.75 Å². The minimum absolute atomic E-state index is 0.297. The molecule has 0 aliphatic carbocycles. The first-order chi connectivity index (χ1) is 9.17. The van der Waals surface area contributed by atoms with Crippen LogP contribution in [0.3, 0.4) is 0 Å². The van der Waals surface area contributed by atoms with Crippen LogP contribution in [0.4, 0.5) is 0 Å². The van der Waals surface area contributed by atoms with Crippen LogP contribution in [-0.2, 0) is 16.1 Å². The van der Waals surface area contributed by atoms with Gasteiger partial charge in [-0.2, -0.15) is 0 Å². The molecule has 0 atom stereocenters. The van der Waals surface area contributed by atoms with Crippen LogP contribution in [0, 0.1) is 0 Å². The third-order valence-corrected chi connectivity index (χ3v) is 2.68. The first-order valence-corrected chi connectivity index (χ1v) is 6.45. The molecule has 0 unspecified atom stereocenters. The molecular formula is C13H17ClN2O3. The molecule has 0 aliphatic rings. The lowest BCUT2D eigenvalue weighted by Gasteiger charge is -2.06. The number of hydrogen-bond acceptors (Lipinski definition) is 3. The van der Waals surface area contributed by atoms with Crippen molar-refractivity contribution in [3.63, 3.8) is 0 Å². The summed E-state index contributed by atoms with van der Waals surface area (Å²) in [6, 6.07) is 7.24. The Morgan fingerprint density at radius 1 is 1.16 bits per heavy atom. The number of methoxy groups -OCH3 is 1. The molecule has 0 aromatic heterocycles. The second-order valence-corrected chi connectivity index (χ2v) is 4.21. The summed E-state index contributed by atoms with van der Waals surface area (Å²) < 4.78 is 5.03. The van der Waals surface area contributed by atoms with Crippen molar-refractivity contribution in [2.45, 2.75) is 13.0 Å². The van der Waals surface area contributed by atoms with Gasteiger partial charge in [0.05, 0.1) is 7.11 Å². The molecule has 0 saturated heterocycles. The first-order valence-electron chi connectivity index (χ1n) is 5.92. The zero-order valence-corrected chi connectivity index (χ0v) is 11.5. The Kier molecular flexibility index (Phi) is 6.74. The Labute approximate surface area is 117 Å². The van der Waals surface area contributed by atoms with E-state index in [1.165, 1.54) is 0 Å². The number of nitrogens with one attached hydrogen (secondary N) is 2. The third kappa shape index (κ3) is 5.61. The van der Waals surface area contributed by atoms with Gasteiger partial charge in [0.25, 0.3) is 0 Å². The van der Waals surface area contributed by atoms with Gasteiger partial charge in [-0.25, -0.2) is 0 Å². The monoisotopic (exact) mass is 284 g/mol. The Morgan fingerprint density at radius 2 is 1.79 bits per heavy atom. The molecule has 0 fully saturated rings. The lowest BCUT2D eigenvalue weighted by atomic mass is 10.2. The lowest BCUT2D eigenvalue weighted by Crippen LogP contribution is -2.40. The highest BCUT2D eigenvalue weighted by Crippen LogP contribution is 2.10. The predicted octanol–water partition coefficient (Wildman–Crippen LogP) is 1.06. The summed E-state index contributed by atoms with van der Waals surface area (Å²) in [7, 11) is 1.59. The van der Waals surface area contributed by atoms with E-state index in [1.54, 1.807) is 19.2 Å². The van der Waals surface area contributed by atoms with Crippen molar-refractivity contribution in [2.24, 2.45) is 0 Å². The van der Waals surface area contributed by atoms with Crippen LogP contribution in [0.15, 0.2) is 24.3 Å². The van der Waals surface area contributed by atoms with Crippen molar-refractivity contribution in [3.8, 4) is 5.75 Å². The average molecular weight is 285 g/mol. The second-order valence-electron chi connectivity index (χ2n) is 3.83. The van der Waals surface area contributed by atoms with Crippen LogP contribution in [0.1, 0.15) is 12.0 Å². The van der Waals surface area contributed by atoms with E-state index in [0.717, 1.165) is 11.3 Å². The number of carbonyl (C=O) groups is 2. The van der Waals surface area contributed by atoms with E-state index in [9.17, 15) is 9.59 Å². The van der Waals surface area contributed by atoms with Gasteiger partial charge in [0.2, 0.25) is 0 Å². The van der Waals surface area contributed by atoms with E-state index < -0.39 is 11.8 Å². The molecule has 0 radical (unpaired) electrons. The summed E-state index contributed by atoms with van der Waals surface area (Å²) in [4.78, 5) is 22.8. The molecule has 104 valence electrons. The van der Waals surface area contributed by atoms with Crippen LogP contribution in [0.2, 0.25) is 0 Å². The number of alkyl halides is 1. The summed E-state index contributed by atoms with van der Waals surface area (Å²) in [5.74, 6) is -0.0915. The fourth-order valence-electron chi connectivity index (χ4n) is 1.36. The SMILES string of the molecule is COc1ccc(CNC(=O)C(=O)NCCCCl)cc1. The van der Waals surface area contributed by atoms with E-state index in [4.69, 9.17) is 16.3 Å². The second kappa shape index (κ2) is 8.37. The van der Waals surface area contributed by atoms with Crippen molar-refractivity contribution < 1.29 is 14.3 Å². The van der Waals surface area contributed by atoms with Gasteiger partial charge < -0.3 is 15.4 Å². The normalized spacial score (nSPS) is 9.79. The van der Waals surface area contributed by atoms with Crippen molar-refractivity contribution in [1.29, 1.82) is 0 Å². The minimum Gasteiger partial charge on any atom is -0.497 e. The van der Waals surface area contributed by atoms with E-state index in [0.29, 0.717) is 25.4 Å². The maximum Gasteiger partial charge on any atom is 0.309 e. The molecule has 0 aliphatic heterocycles. The number of amides is 2. The van der Waals surface area contributed by atoms with Crippen LogP contribution in [0.25, 0.3) is 0 Å². The summed E-state index contributed by atoms with van der Waals surface area (Å²) >= 11 is 5.47. The quantitative estimate of drug-likeness (QED) is 0.466. The Morgan fingerprint density at radius 3 is 2.37 bits per heavy atom. The van der Waals surface area contributed by atoms with Crippen LogP contribution >= 0.6 is 11.6 Å². The van der Waals surface area contributed by atoms with Gasteiger partial charge >= 0.3 is 11.8 Å². The summed E-state index contributed by atoms with van der Waals surface area (Å²) in [5.41, 5.74) is 0.891. The zero-order valence-electron chi connectivity index (χ0n) is 10.7. The maximum absolute atomic E-state index is 11.5. The highest BCUT2D eigenvalue weighted by atomic mass is 35.5. The van der Waals surface area contributed by atoms with Crippen molar-refractivity contribution in [3.05, 3.63) is 29.8 Å². The minimum atomic E-state index is -0.648. The largest absolute Gasteiger partial charge is 0.497 e. The number of ether oxygens (including phenoxy) is 1. The molecular weight excluding hydrogens is 268 g/mol. The molecule has 1 rings (SSSR count). The van der Waals surface area contributed by atoms with Crippen LogP contribution in [-0.4, -0.2) is 31.3 Å². The fourth-order valence-corrected chi connectivity index (χ4v) is 1.49. The summed E-state index contributed by atoms with van der Waals surface area (Å²) in [6.07, 6.45) is 0.638. The molecule has 2 amide bonds. The smallest absolute Gasteiger partial charge is 0.309 e. The van der Waals surface area contributed by atoms with E-state index >= 15 is 0 Å². The molecule has 1 aromatic rings. The number of halogens is 1. The average Bonchev–Trinajstić information content (AvgIpc) is 2.45. The highest BCUT2D eigenvalue weighted by Gasteiger charge is 2.11. The molecule has 6 heteroatoms. The fraction of sp³-hybridized carbons (Fsp3) is 0.385. The molecule has 5 nitrogen and oxygen atoms in total. The van der Waals surface area contributed by atoms with Gasteiger partial charge in [-0.3, -0.25) is 9.59 Å². The molecule has 0 saturated carbocycles. The van der Waals surface area contributed by atoms with Gasteiger partial charge in [0.15, 0.2) is 0 Å². The van der Waals surface area contributed by atoms with E-state index in [2.05, 4.69) is 10.6 Å². The number of carbonyl (C=O) groups excluding carboxylic acids is 2. The van der Waals surface area contributed by atoms with Gasteiger partial charge in [-0.15, -0.1) is 11.6 Å². The molecule has 19 heavy (non-hydrogen) atoms. The molecule has 1 aromatic carbocycles. The van der Waals surface area contributed by atoms with Crippen molar-refractivity contribution in [1.82, 2.24) is 10.6 Å². The number of rotatable bonds is 6. The molecule has 0 spiro atoms. The molecule has 0 bridgehead atoms. The van der Waals surface area contributed by atoms with Gasteiger partial charge in [-0.1, -0.05) is 12.1 Å². The molecule has 2 N–H and O–H groups in total. The first kappa shape index (κ1) is 15.3. The lowest BCUT2D eigenvalue weighted by molar-refractivity contribution is -0.139. The highest BCUT2D eigenvalue weighted by molar-refractivity contribution is 6.35. The topological polar surface area (TPSA) is 67.4 Å². The summed E-state index contributed by atoms with van der Waals surface area (Å²) in [5, 5.41) is 5.02. The van der Waals surface area contributed by atoms with Crippen molar-refractivity contribution >= 4 is 23.4 Å². The number of benzene rings is 1. The Bertz CT molecular complexity index is 420. The van der Waals surface area contributed by atoms with Crippen LogP contribution < -0.4 is 15.4 Å². The van der Waals surface area contributed by atoms with E-state index in [-0.39, 0.29) is 0 Å². The zero-order chi connectivity index (χ0) is 14.1. The number of hydrogen-bond donors (Lipinski definition) is 2. The van der Waals surface area contributed by atoms with Crippen molar-refractivity contribution in [2.75, 3.05) is 19.5 Å². The maximum atomic E-state index is 11.5. The summed E-state index contributed by atoms with van der Waals surface area (Å²) in [6.45, 7) is 0.698.